The number of imide groups is 1. The summed E-state index contributed by atoms with van der Waals surface area (Å²) in [5, 5.41) is 1.66. The van der Waals surface area contributed by atoms with E-state index in [2.05, 4.69) is 4.90 Å². The van der Waals surface area contributed by atoms with E-state index >= 15 is 0 Å². The number of carbonyl (C=O) groups is 3. The molecule has 0 bridgehead atoms. The van der Waals surface area contributed by atoms with Gasteiger partial charge in [0.15, 0.2) is 0 Å². The van der Waals surface area contributed by atoms with E-state index in [9.17, 15) is 14.4 Å². The maximum atomic E-state index is 13.3. The van der Waals surface area contributed by atoms with Gasteiger partial charge in [0.25, 0.3) is 11.8 Å². The van der Waals surface area contributed by atoms with Crippen LogP contribution in [-0.4, -0.2) is 53.7 Å². The molecule has 1 unspecified atom stereocenters. The van der Waals surface area contributed by atoms with Crippen molar-refractivity contribution < 1.29 is 14.4 Å². The summed E-state index contributed by atoms with van der Waals surface area (Å²) in [5.74, 6) is -1.18. The van der Waals surface area contributed by atoms with Crippen LogP contribution in [0.15, 0.2) is 66.7 Å². The quantitative estimate of drug-likeness (QED) is 0.429. The summed E-state index contributed by atoms with van der Waals surface area (Å²) in [4.78, 5) is 43.6. The number of fused-ring (bicyclic) bond motifs is 1. The summed E-state index contributed by atoms with van der Waals surface area (Å²) >= 11 is 18.7. The lowest BCUT2D eigenvalue weighted by molar-refractivity contribution is -0.132. The van der Waals surface area contributed by atoms with Crippen molar-refractivity contribution in [3.63, 3.8) is 0 Å². The highest BCUT2D eigenvalue weighted by atomic mass is 35.5. The van der Waals surface area contributed by atoms with E-state index in [-0.39, 0.29) is 18.5 Å². The molecule has 2 aliphatic rings. The lowest BCUT2D eigenvalue weighted by Gasteiger charge is -2.43. The van der Waals surface area contributed by atoms with Gasteiger partial charge in [-0.05, 0) is 48.0 Å². The number of piperazine rings is 1. The molecule has 5 rings (SSSR count). The summed E-state index contributed by atoms with van der Waals surface area (Å²) in [5.41, 5.74) is 2.42. The van der Waals surface area contributed by atoms with E-state index < -0.39 is 11.8 Å². The largest absolute Gasteiger partial charge is 0.360 e. The number of halogens is 3. The van der Waals surface area contributed by atoms with Crippen molar-refractivity contribution in [2.75, 3.05) is 31.1 Å². The van der Waals surface area contributed by atoms with Crippen molar-refractivity contribution in [3.8, 4) is 0 Å². The van der Waals surface area contributed by atoms with Gasteiger partial charge in [-0.2, -0.15) is 0 Å². The SMILES string of the molecule is O=C(CN1C(=O)c2ccccc2C1=O)N1CCN(c2ccc(Cl)cc2Cl)C(c2ccc(Cl)cc2)C1. The van der Waals surface area contributed by atoms with Crippen LogP contribution >= 0.6 is 34.8 Å². The monoisotopic (exact) mass is 527 g/mol. The summed E-state index contributed by atoms with van der Waals surface area (Å²) in [6.45, 7) is 0.956. The number of nitrogens with zero attached hydrogens (tertiary/aromatic N) is 3. The number of benzene rings is 3. The van der Waals surface area contributed by atoms with Crippen LogP contribution in [0.25, 0.3) is 0 Å². The molecule has 0 spiro atoms. The molecule has 6 nitrogen and oxygen atoms in total. The Bertz CT molecular complexity index is 1290. The van der Waals surface area contributed by atoms with Gasteiger partial charge in [0.1, 0.15) is 6.54 Å². The van der Waals surface area contributed by atoms with Crippen LogP contribution < -0.4 is 4.90 Å². The fraction of sp³-hybridized carbons (Fsp3) is 0.192. The molecule has 9 heteroatoms. The number of carbonyl (C=O) groups excluding carboxylic acids is 3. The molecule has 3 amide bonds. The van der Waals surface area contributed by atoms with Gasteiger partial charge in [-0.15, -0.1) is 0 Å². The normalized spacial score (nSPS) is 17.7. The predicted octanol–water partition coefficient (Wildman–Crippen LogP) is 5.33. The number of rotatable bonds is 4. The Labute approximate surface area is 217 Å². The summed E-state index contributed by atoms with van der Waals surface area (Å²) in [6.07, 6.45) is 0. The zero-order chi connectivity index (χ0) is 24.7. The Morgan fingerprint density at radius 1 is 0.829 bits per heavy atom. The molecule has 1 atom stereocenters. The molecule has 0 aromatic heterocycles. The second kappa shape index (κ2) is 9.53. The molecule has 0 N–H and O–H groups in total. The van der Waals surface area contributed by atoms with Gasteiger partial charge < -0.3 is 9.80 Å². The average Bonchev–Trinajstić information content (AvgIpc) is 3.09. The highest BCUT2D eigenvalue weighted by molar-refractivity contribution is 6.36. The third-order valence-corrected chi connectivity index (χ3v) is 7.17. The number of amides is 3. The fourth-order valence-electron chi connectivity index (χ4n) is 4.60. The number of hydrogen-bond acceptors (Lipinski definition) is 4. The van der Waals surface area contributed by atoms with Crippen LogP contribution in [0.1, 0.15) is 32.3 Å². The third-order valence-electron chi connectivity index (χ3n) is 6.38. The van der Waals surface area contributed by atoms with E-state index in [0.29, 0.717) is 45.8 Å². The first-order valence-corrected chi connectivity index (χ1v) is 12.2. The van der Waals surface area contributed by atoms with Crippen LogP contribution in [0, 0.1) is 0 Å². The smallest absolute Gasteiger partial charge is 0.262 e. The highest BCUT2D eigenvalue weighted by Gasteiger charge is 2.38. The van der Waals surface area contributed by atoms with E-state index in [1.165, 1.54) is 0 Å². The van der Waals surface area contributed by atoms with Gasteiger partial charge >= 0.3 is 0 Å². The summed E-state index contributed by atoms with van der Waals surface area (Å²) in [7, 11) is 0. The van der Waals surface area contributed by atoms with Gasteiger partial charge in [-0.3, -0.25) is 19.3 Å². The van der Waals surface area contributed by atoms with E-state index in [0.717, 1.165) is 16.2 Å². The molecule has 0 aliphatic carbocycles. The van der Waals surface area contributed by atoms with Crippen LogP contribution in [0.5, 0.6) is 0 Å². The zero-order valence-electron chi connectivity index (χ0n) is 18.5. The van der Waals surface area contributed by atoms with Gasteiger partial charge in [0.05, 0.1) is 27.9 Å². The van der Waals surface area contributed by atoms with Crippen molar-refractivity contribution >= 4 is 58.2 Å². The molecule has 178 valence electrons. The molecule has 3 aromatic rings. The maximum Gasteiger partial charge on any atom is 0.262 e. The Morgan fingerprint density at radius 2 is 1.46 bits per heavy atom. The maximum absolute atomic E-state index is 13.3. The first-order valence-electron chi connectivity index (χ1n) is 11.0. The van der Waals surface area contributed by atoms with Crippen LogP contribution in [-0.2, 0) is 4.79 Å². The molecular formula is C26H20Cl3N3O3. The standard InChI is InChI=1S/C26H20Cl3N3O3/c27-17-7-5-16(6-8-17)23-14-30(11-12-31(23)22-10-9-18(28)13-21(22)29)24(33)15-32-25(34)19-3-1-2-4-20(19)26(32)35/h1-10,13,23H,11-12,14-15H2. The lowest BCUT2D eigenvalue weighted by atomic mass is 10.0. The molecule has 2 aliphatic heterocycles. The minimum atomic E-state index is -0.445. The Balaban J connectivity index is 1.39. The Kier molecular flexibility index (Phi) is 6.45. The number of anilines is 1. The molecule has 1 saturated heterocycles. The summed E-state index contributed by atoms with van der Waals surface area (Å²) in [6, 6.07) is 19.2. The molecule has 0 saturated carbocycles. The van der Waals surface area contributed by atoms with Crippen molar-refractivity contribution in [2.45, 2.75) is 6.04 Å². The minimum absolute atomic E-state index is 0.217. The van der Waals surface area contributed by atoms with Crippen molar-refractivity contribution in [3.05, 3.63) is 98.5 Å². The van der Waals surface area contributed by atoms with Crippen LogP contribution in [0.4, 0.5) is 5.69 Å². The topological polar surface area (TPSA) is 60.9 Å². The molecule has 2 heterocycles. The van der Waals surface area contributed by atoms with Gasteiger partial charge in [-0.1, -0.05) is 59.1 Å². The van der Waals surface area contributed by atoms with Gasteiger partial charge in [0, 0.05) is 29.7 Å². The van der Waals surface area contributed by atoms with E-state index in [1.807, 2.05) is 18.2 Å². The fourth-order valence-corrected chi connectivity index (χ4v) is 5.24. The third kappa shape index (κ3) is 4.49. The molecule has 35 heavy (non-hydrogen) atoms. The first kappa shape index (κ1) is 23.7. The van der Waals surface area contributed by atoms with Crippen molar-refractivity contribution in [2.24, 2.45) is 0 Å². The second-order valence-electron chi connectivity index (χ2n) is 8.44. The van der Waals surface area contributed by atoms with Crippen LogP contribution in [0.2, 0.25) is 15.1 Å². The highest BCUT2D eigenvalue weighted by Crippen LogP contribution is 2.37. The average molecular weight is 529 g/mol. The lowest BCUT2D eigenvalue weighted by Crippen LogP contribution is -2.53. The zero-order valence-corrected chi connectivity index (χ0v) is 20.7. The van der Waals surface area contributed by atoms with Crippen LogP contribution in [0.3, 0.4) is 0 Å². The van der Waals surface area contributed by atoms with Crippen molar-refractivity contribution in [1.82, 2.24) is 9.80 Å². The number of hydrogen-bond donors (Lipinski definition) is 0. The molecule has 1 fully saturated rings. The van der Waals surface area contributed by atoms with Gasteiger partial charge in [0.2, 0.25) is 5.91 Å². The Hall–Kier alpha value is -3.06. The molecule has 0 radical (unpaired) electrons. The van der Waals surface area contributed by atoms with E-state index in [1.54, 1.807) is 53.4 Å². The van der Waals surface area contributed by atoms with E-state index in [4.69, 9.17) is 34.8 Å². The molecule has 3 aromatic carbocycles. The Morgan fingerprint density at radius 3 is 2.09 bits per heavy atom. The first-order chi connectivity index (χ1) is 16.8. The minimum Gasteiger partial charge on any atom is -0.360 e. The molecular weight excluding hydrogens is 509 g/mol. The van der Waals surface area contributed by atoms with Crippen molar-refractivity contribution in [1.29, 1.82) is 0 Å². The predicted molar refractivity (Wildman–Crippen MR) is 136 cm³/mol. The summed E-state index contributed by atoms with van der Waals surface area (Å²) < 4.78 is 0. The second-order valence-corrected chi connectivity index (χ2v) is 9.72. The van der Waals surface area contributed by atoms with Gasteiger partial charge in [-0.25, -0.2) is 0 Å².